The summed E-state index contributed by atoms with van der Waals surface area (Å²) >= 11 is 0. The predicted molar refractivity (Wildman–Crippen MR) is 111 cm³/mol. The van der Waals surface area contributed by atoms with Crippen molar-refractivity contribution in [2.45, 2.75) is 26.8 Å². The maximum absolute atomic E-state index is 13.1. The molecule has 0 saturated carbocycles. The maximum Gasteiger partial charge on any atom is 0.256 e. The molecule has 7 nitrogen and oxygen atoms in total. The molecule has 1 amide bonds. The highest BCUT2D eigenvalue weighted by molar-refractivity contribution is 6.12. The minimum atomic E-state index is -0.238. The topological polar surface area (TPSA) is 82.2 Å². The Labute approximate surface area is 168 Å². The Morgan fingerprint density at radius 1 is 1.24 bits per heavy atom. The molecule has 148 valence electrons. The third kappa shape index (κ3) is 3.71. The number of nitrogens with zero attached hydrogens (tertiary/aromatic N) is 3. The second kappa shape index (κ2) is 7.79. The standard InChI is InChI=1S/C22H22N4O3/c1-4-28-16-9-7-15(8-10-16)24-22(27)17-12-19(20-6-5-11-29-20)25-21-18(17)13-23-26(21)14(2)3/h5-14H,4H2,1-3H3,(H,24,27). The molecule has 0 saturated heterocycles. The van der Waals surface area contributed by atoms with Crippen molar-refractivity contribution in [2.75, 3.05) is 11.9 Å². The third-order valence-electron chi connectivity index (χ3n) is 4.50. The number of hydrogen-bond acceptors (Lipinski definition) is 5. The van der Waals surface area contributed by atoms with Crippen molar-refractivity contribution in [2.24, 2.45) is 0 Å². The summed E-state index contributed by atoms with van der Waals surface area (Å²) < 4.78 is 12.7. The molecular weight excluding hydrogens is 368 g/mol. The molecule has 0 radical (unpaired) electrons. The van der Waals surface area contributed by atoms with Gasteiger partial charge < -0.3 is 14.5 Å². The third-order valence-corrected chi connectivity index (χ3v) is 4.50. The summed E-state index contributed by atoms with van der Waals surface area (Å²) in [7, 11) is 0. The first-order valence-corrected chi connectivity index (χ1v) is 9.53. The molecule has 0 bridgehead atoms. The average molecular weight is 390 g/mol. The van der Waals surface area contributed by atoms with Gasteiger partial charge in [-0.15, -0.1) is 0 Å². The molecule has 0 spiro atoms. The van der Waals surface area contributed by atoms with Crippen LogP contribution in [0.3, 0.4) is 0 Å². The van der Waals surface area contributed by atoms with E-state index in [9.17, 15) is 4.79 Å². The van der Waals surface area contributed by atoms with E-state index in [1.807, 2.05) is 51.1 Å². The molecule has 4 rings (SSSR count). The van der Waals surface area contributed by atoms with Crippen LogP contribution in [-0.4, -0.2) is 27.3 Å². The number of anilines is 1. The van der Waals surface area contributed by atoms with Crippen LogP contribution in [0.5, 0.6) is 5.75 Å². The molecule has 29 heavy (non-hydrogen) atoms. The predicted octanol–water partition coefficient (Wildman–Crippen LogP) is 4.92. The summed E-state index contributed by atoms with van der Waals surface area (Å²) in [4.78, 5) is 17.8. The monoisotopic (exact) mass is 390 g/mol. The fraction of sp³-hybridized carbons (Fsp3) is 0.227. The number of rotatable bonds is 6. The second-order valence-corrected chi connectivity index (χ2v) is 6.86. The molecule has 0 fully saturated rings. The fourth-order valence-corrected chi connectivity index (χ4v) is 3.13. The van der Waals surface area contributed by atoms with Gasteiger partial charge in [0.25, 0.3) is 5.91 Å². The highest BCUT2D eigenvalue weighted by Crippen LogP contribution is 2.27. The first-order valence-electron chi connectivity index (χ1n) is 9.53. The Balaban J connectivity index is 1.74. The van der Waals surface area contributed by atoms with Crippen LogP contribution < -0.4 is 10.1 Å². The van der Waals surface area contributed by atoms with E-state index >= 15 is 0 Å². The molecule has 1 aromatic carbocycles. The number of fused-ring (bicyclic) bond motifs is 1. The van der Waals surface area contributed by atoms with Gasteiger partial charge in [0.1, 0.15) is 11.4 Å². The van der Waals surface area contributed by atoms with Crippen molar-refractivity contribution in [3.05, 3.63) is 60.5 Å². The zero-order chi connectivity index (χ0) is 20.4. The van der Waals surface area contributed by atoms with Crippen molar-refractivity contribution < 1.29 is 13.9 Å². The summed E-state index contributed by atoms with van der Waals surface area (Å²) in [6, 6.07) is 12.7. The Hall–Kier alpha value is -3.61. The molecule has 0 unspecified atom stereocenters. The van der Waals surface area contributed by atoms with Crippen molar-refractivity contribution in [1.82, 2.24) is 14.8 Å². The first kappa shape index (κ1) is 18.7. The Morgan fingerprint density at radius 3 is 2.69 bits per heavy atom. The van der Waals surface area contributed by atoms with Gasteiger partial charge >= 0.3 is 0 Å². The highest BCUT2D eigenvalue weighted by atomic mass is 16.5. The molecule has 4 aromatic rings. The van der Waals surface area contributed by atoms with Gasteiger partial charge in [0.15, 0.2) is 11.4 Å². The quantitative estimate of drug-likeness (QED) is 0.505. The Bertz CT molecular complexity index is 1130. The average Bonchev–Trinajstić information content (AvgIpc) is 3.38. The number of furan rings is 1. The van der Waals surface area contributed by atoms with Gasteiger partial charge in [0, 0.05) is 11.7 Å². The van der Waals surface area contributed by atoms with Crippen molar-refractivity contribution in [1.29, 1.82) is 0 Å². The number of ether oxygens (including phenoxy) is 1. The number of hydrogen-bond donors (Lipinski definition) is 1. The van der Waals surface area contributed by atoms with Crippen molar-refractivity contribution in [3.8, 4) is 17.2 Å². The lowest BCUT2D eigenvalue weighted by Gasteiger charge is -2.11. The van der Waals surface area contributed by atoms with Crippen LogP contribution in [0, 0.1) is 0 Å². The number of amides is 1. The molecule has 0 aliphatic rings. The van der Waals surface area contributed by atoms with E-state index in [1.165, 1.54) is 0 Å². The zero-order valence-electron chi connectivity index (χ0n) is 16.5. The molecule has 3 heterocycles. The molecule has 0 atom stereocenters. The lowest BCUT2D eigenvalue weighted by molar-refractivity contribution is 0.102. The van der Waals surface area contributed by atoms with Gasteiger partial charge in [-0.05, 0) is 63.2 Å². The zero-order valence-corrected chi connectivity index (χ0v) is 16.5. The number of carbonyl (C=O) groups is 1. The van der Waals surface area contributed by atoms with Gasteiger partial charge in [-0.1, -0.05) is 0 Å². The van der Waals surface area contributed by atoms with Gasteiger partial charge in [-0.3, -0.25) is 4.79 Å². The van der Waals surface area contributed by atoms with E-state index in [1.54, 1.807) is 29.3 Å². The van der Waals surface area contributed by atoms with E-state index < -0.39 is 0 Å². The number of pyridine rings is 1. The van der Waals surface area contributed by atoms with E-state index in [0.717, 1.165) is 5.75 Å². The van der Waals surface area contributed by atoms with Crippen molar-refractivity contribution in [3.63, 3.8) is 0 Å². The number of benzene rings is 1. The van der Waals surface area contributed by atoms with Gasteiger partial charge in [0.2, 0.25) is 0 Å². The summed E-state index contributed by atoms with van der Waals surface area (Å²) in [5, 5.41) is 8.06. The molecule has 3 aromatic heterocycles. The van der Waals surface area contributed by atoms with Crippen LogP contribution in [-0.2, 0) is 0 Å². The Morgan fingerprint density at radius 2 is 2.03 bits per heavy atom. The Kier molecular flexibility index (Phi) is 5.03. The number of carbonyl (C=O) groups excluding carboxylic acids is 1. The van der Waals surface area contributed by atoms with Crippen LogP contribution in [0.1, 0.15) is 37.2 Å². The normalized spacial score (nSPS) is 11.2. The second-order valence-electron chi connectivity index (χ2n) is 6.86. The summed E-state index contributed by atoms with van der Waals surface area (Å²) in [6.45, 7) is 6.56. The molecule has 7 heteroatoms. The minimum Gasteiger partial charge on any atom is -0.494 e. The highest BCUT2D eigenvalue weighted by Gasteiger charge is 2.19. The maximum atomic E-state index is 13.1. The lowest BCUT2D eigenvalue weighted by Crippen LogP contribution is -2.13. The SMILES string of the molecule is CCOc1ccc(NC(=O)c2cc(-c3ccco3)nc3c2cnn3C(C)C)cc1. The largest absolute Gasteiger partial charge is 0.494 e. The molecule has 1 N–H and O–H groups in total. The lowest BCUT2D eigenvalue weighted by atomic mass is 10.1. The van der Waals surface area contributed by atoms with Gasteiger partial charge in [-0.2, -0.15) is 5.10 Å². The summed E-state index contributed by atoms with van der Waals surface area (Å²) in [6.07, 6.45) is 3.27. The van der Waals surface area contributed by atoms with Crippen LogP contribution >= 0.6 is 0 Å². The molecule has 0 aliphatic heterocycles. The molecular formula is C22H22N4O3. The van der Waals surface area contributed by atoms with Crippen LogP contribution in [0.2, 0.25) is 0 Å². The summed E-state index contributed by atoms with van der Waals surface area (Å²) in [5.41, 5.74) is 2.40. The summed E-state index contributed by atoms with van der Waals surface area (Å²) in [5.74, 6) is 1.12. The first-order chi connectivity index (χ1) is 14.1. The fourth-order valence-electron chi connectivity index (χ4n) is 3.13. The molecule has 0 aliphatic carbocycles. The van der Waals surface area contributed by atoms with E-state index in [0.29, 0.717) is 40.3 Å². The van der Waals surface area contributed by atoms with Crippen LogP contribution in [0.15, 0.2) is 59.3 Å². The van der Waals surface area contributed by atoms with Crippen molar-refractivity contribution >= 4 is 22.6 Å². The number of nitrogens with one attached hydrogen (secondary N) is 1. The van der Waals surface area contributed by atoms with Crippen LogP contribution in [0.25, 0.3) is 22.5 Å². The smallest absolute Gasteiger partial charge is 0.256 e. The minimum absolute atomic E-state index is 0.105. The van der Waals surface area contributed by atoms with E-state index in [2.05, 4.69) is 10.4 Å². The van der Waals surface area contributed by atoms with Gasteiger partial charge in [-0.25, -0.2) is 9.67 Å². The van der Waals surface area contributed by atoms with Crippen LogP contribution in [0.4, 0.5) is 5.69 Å². The van der Waals surface area contributed by atoms with E-state index in [4.69, 9.17) is 14.1 Å². The number of aromatic nitrogens is 3. The van der Waals surface area contributed by atoms with E-state index in [-0.39, 0.29) is 11.9 Å². The van der Waals surface area contributed by atoms with Gasteiger partial charge in [0.05, 0.1) is 30.0 Å².